The average Bonchev–Trinajstić information content (AvgIpc) is 2.43. The number of aromatic nitrogens is 1. The lowest BCUT2D eigenvalue weighted by atomic mass is 10.0. The maximum atomic E-state index is 11.4. The number of hydrogen-bond donors (Lipinski definition) is 4. The summed E-state index contributed by atoms with van der Waals surface area (Å²) in [6.07, 6.45) is -0.591. The summed E-state index contributed by atoms with van der Waals surface area (Å²) in [6, 6.07) is 1.38. The molecule has 0 saturated heterocycles. The highest BCUT2D eigenvalue weighted by Crippen LogP contribution is 2.24. The zero-order chi connectivity index (χ0) is 14.4. The van der Waals surface area contributed by atoms with E-state index in [4.69, 9.17) is 5.73 Å². The molecule has 2 unspecified atom stereocenters. The maximum Gasteiger partial charge on any atom is 0.339 e. The highest BCUT2D eigenvalue weighted by atomic mass is 16.5. The fourth-order valence-corrected chi connectivity index (χ4v) is 1.62. The van der Waals surface area contributed by atoms with Crippen LogP contribution in [0.4, 0.5) is 5.82 Å². The molecule has 1 heterocycles. The van der Waals surface area contributed by atoms with Crippen molar-refractivity contribution >= 4 is 11.8 Å². The Kier molecular flexibility index (Phi) is 5.68. The largest absolute Gasteiger partial charge is 0.465 e. The Bertz CT molecular complexity index is 439. The van der Waals surface area contributed by atoms with Gasteiger partial charge in [-0.3, -0.25) is 0 Å². The van der Waals surface area contributed by atoms with E-state index in [-0.39, 0.29) is 16.9 Å². The van der Waals surface area contributed by atoms with Crippen molar-refractivity contribution in [1.29, 1.82) is 0 Å². The van der Waals surface area contributed by atoms with E-state index in [1.807, 2.05) is 0 Å². The average molecular weight is 269 g/mol. The van der Waals surface area contributed by atoms with E-state index < -0.39 is 18.2 Å². The molecule has 1 aromatic heterocycles. The molecule has 0 amide bonds. The Balaban J connectivity index is 2.94. The first kappa shape index (κ1) is 15.4. The fourth-order valence-electron chi connectivity index (χ4n) is 1.62. The topological polar surface area (TPSA) is 118 Å². The van der Waals surface area contributed by atoms with Gasteiger partial charge in [0.05, 0.1) is 18.8 Å². The van der Waals surface area contributed by atoms with E-state index in [2.05, 4.69) is 15.0 Å². The van der Waals surface area contributed by atoms with Crippen LogP contribution in [0.5, 0.6) is 0 Å². The summed E-state index contributed by atoms with van der Waals surface area (Å²) in [5.74, 6) is -0.505. The molecule has 0 aliphatic carbocycles. The second-order valence-electron chi connectivity index (χ2n) is 4.09. The quantitative estimate of drug-likeness (QED) is 0.512. The van der Waals surface area contributed by atoms with Crippen LogP contribution in [0.2, 0.25) is 0 Å². The fraction of sp³-hybridized carbons (Fsp3) is 0.500. The van der Waals surface area contributed by atoms with Crippen LogP contribution in [-0.4, -0.2) is 48.0 Å². The number of nitrogens with two attached hydrogens (primary N) is 1. The van der Waals surface area contributed by atoms with Crippen molar-refractivity contribution < 1.29 is 19.7 Å². The molecule has 7 nitrogen and oxygen atoms in total. The van der Waals surface area contributed by atoms with Crippen LogP contribution < -0.4 is 11.1 Å². The number of aliphatic hydroxyl groups is 2. The minimum absolute atomic E-state index is 0.0728. The van der Waals surface area contributed by atoms with Crippen molar-refractivity contribution in [2.75, 3.05) is 26.4 Å². The van der Waals surface area contributed by atoms with Gasteiger partial charge in [-0.15, -0.1) is 0 Å². The molecule has 2 atom stereocenters. The zero-order valence-electron chi connectivity index (χ0n) is 11.0. The second kappa shape index (κ2) is 7.03. The van der Waals surface area contributed by atoms with Gasteiger partial charge >= 0.3 is 5.97 Å². The summed E-state index contributed by atoms with van der Waals surface area (Å²) in [7, 11) is 2.99. The summed E-state index contributed by atoms with van der Waals surface area (Å²) < 4.78 is 4.56. The van der Waals surface area contributed by atoms with Crippen LogP contribution in [0.25, 0.3) is 0 Å². The molecule has 0 aromatic carbocycles. The number of nitrogen functional groups attached to an aromatic ring is 1. The Morgan fingerprint density at radius 1 is 1.58 bits per heavy atom. The van der Waals surface area contributed by atoms with E-state index in [0.29, 0.717) is 13.0 Å². The second-order valence-corrected chi connectivity index (χ2v) is 4.09. The monoisotopic (exact) mass is 269 g/mol. The highest BCUT2D eigenvalue weighted by Gasteiger charge is 2.22. The molecule has 0 bridgehead atoms. The predicted molar refractivity (Wildman–Crippen MR) is 69.5 cm³/mol. The molecule has 1 aromatic rings. The van der Waals surface area contributed by atoms with Gasteiger partial charge in [0.15, 0.2) is 0 Å². The van der Waals surface area contributed by atoms with Gasteiger partial charge in [0.1, 0.15) is 11.9 Å². The smallest absolute Gasteiger partial charge is 0.339 e. The number of esters is 1. The number of carbonyl (C=O) groups excluding carboxylic acids is 1. The van der Waals surface area contributed by atoms with Gasteiger partial charge in [0.25, 0.3) is 0 Å². The molecule has 0 aliphatic rings. The van der Waals surface area contributed by atoms with Crippen molar-refractivity contribution in [3.63, 3.8) is 0 Å². The zero-order valence-corrected chi connectivity index (χ0v) is 11.0. The SMILES string of the molecule is CNCCC(O)C(O)c1cc(C(=O)OC)cnc1N. The summed E-state index contributed by atoms with van der Waals surface area (Å²) in [5.41, 5.74) is 6.04. The maximum absolute atomic E-state index is 11.4. The summed E-state index contributed by atoms with van der Waals surface area (Å²) in [4.78, 5) is 15.2. The van der Waals surface area contributed by atoms with Crippen molar-refractivity contribution in [3.05, 3.63) is 23.4 Å². The van der Waals surface area contributed by atoms with Gasteiger partial charge in [-0.25, -0.2) is 9.78 Å². The standard InChI is InChI=1S/C12H19N3O4/c1-14-4-3-9(16)10(17)8-5-7(12(18)19-2)6-15-11(8)13/h5-6,9-10,14,16-17H,3-4H2,1-2H3,(H2,13,15). The molecule has 0 spiro atoms. The van der Waals surface area contributed by atoms with Gasteiger partial charge in [0.2, 0.25) is 0 Å². The minimum atomic E-state index is -1.20. The molecular formula is C12H19N3O4. The third kappa shape index (κ3) is 3.88. The van der Waals surface area contributed by atoms with Crippen LogP contribution in [0, 0.1) is 0 Å². The number of nitrogens with zero attached hydrogens (tertiary/aromatic N) is 1. The normalized spacial score (nSPS) is 13.9. The third-order valence-electron chi connectivity index (χ3n) is 2.74. The summed E-state index contributed by atoms with van der Waals surface area (Å²) in [5, 5.41) is 22.7. The van der Waals surface area contributed by atoms with Gasteiger partial charge < -0.3 is 26.0 Å². The number of ether oxygens (including phenoxy) is 1. The van der Waals surface area contributed by atoms with Gasteiger partial charge in [-0.2, -0.15) is 0 Å². The van der Waals surface area contributed by atoms with Crippen molar-refractivity contribution in [1.82, 2.24) is 10.3 Å². The van der Waals surface area contributed by atoms with Crippen LogP contribution in [0.1, 0.15) is 28.4 Å². The molecule has 106 valence electrons. The third-order valence-corrected chi connectivity index (χ3v) is 2.74. The van der Waals surface area contributed by atoms with Crippen LogP contribution in [0.3, 0.4) is 0 Å². The number of pyridine rings is 1. The van der Waals surface area contributed by atoms with Crippen molar-refractivity contribution in [3.8, 4) is 0 Å². The molecule has 0 radical (unpaired) electrons. The number of rotatable bonds is 6. The van der Waals surface area contributed by atoms with E-state index >= 15 is 0 Å². The highest BCUT2D eigenvalue weighted by molar-refractivity contribution is 5.89. The van der Waals surface area contributed by atoms with Gasteiger partial charge in [-0.05, 0) is 26.1 Å². The Morgan fingerprint density at radius 3 is 2.84 bits per heavy atom. The first-order valence-electron chi connectivity index (χ1n) is 5.85. The molecule has 0 aliphatic heterocycles. The molecule has 7 heteroatoms. The van der Waals surface area contributed by atoms with E-state index in [0.717, 1.165) is 0 Å². The Hall–Kier alpha value is -1.70. The van der Waals surface area contributed by atoms with E-state index in [9.17, 15) is 15.0 Å². The summed E-state index contributed by atoms with van der Waals surface area (Å²) >= 11 is 0. The van der Waals surface area contributed by atoms with Crippen LogP contribution in [-0.2, 0) is 4.74 Å². The first-order valence-corrected chi connectivity index (χ1v) is 5.85. The number of methoxy groups -OCH3 is 1. The molecular weight excluding hydrogens is 250 g/mol. The lowest BCUT2D eigenvalue weighted by Crippen LogP contribution is -2.24. The van der Waals surface area contributed by atoms with Crippen molar-refractivity contribution in [2.24, 2.45) is 0 Å². The minimum Gasteiger partial charge on any atom is -0.465 e. The lowest BCUT2D eigenvalue weighted by Gasteiger charge is -2.19. The number of nitrogens with one attached hydrogen (secondary N) is 1. The molecule has 0 fully saturated rings. The number of aliphatic hydroxyl groups excluding tert-OH is 2. The van der Waals surface area contributed by atoms with Gasteiger partial charge in [-0.1, -0.05) is 0 Å². The molecule has 0 saturated carbocycles. The molecule has 5 N–H and O–H groups in total. The molecule has 1 rings (SSSR count). The lowest BCUT2D eigenvalue weighted by molar-refractivity contribution is 0.0142. The van der Waals surface area contributed by atoms with Crippen LogP contribution in [0.15, 0.2) is 12.3 Å². The number of anilines is 1. The van der Waals surface area contributed by atoms with Crippen molar-refractivity contribution in [2.45, 2.75) is 18.6 Å². The van der Waals surface area contributed by atoms with Gasteiger partial charge in [0, 0.05) is 11.8 Å². The predicted octanol–water partition coefficient (Wildman–Crippen LogP) is -0.546. The Morgan fingerprint density at radius 2 is 2.26 bits per heavy atom. The Labute approximate surface area is 111 Å². The molecule has 19 heavy (non-hydrogen) atoms. The van der Waals surface area contributed by atoms with E-state index in [1.54, 1.807) is 7.05 Å². The first-order chi connectivity index (χ1) is 9.01. The number of hydrogen-bond acceptors (Lipinski definition) is 7. The number of carbonyl (C=O) groups is 1. The summed E-state index contributed by atoms with van der Waals surface area (Å²) in [6.45, 7) is 0.544. The van der Waals surface area contributed by atoms with E-state index in [1.165, 1.54) is 19.4 Å². The van der Waals surface area contributed by atoms with Crippen LogP contribution >= 0.6 is 0 Å².